The van der Waals surface area contributed by atoms with Gasteiger partial charge in [0.15, 0.2) is 18.4 Å². The molecule has 2 rings (SSSR count). The Balaban J connectivity index is -0.000000173. The van der Waals surface area contributed by atoms with Gasteiger partial charge in [0.2, 0.25) is 0 Å². The predicted octanol–water partition coefficient (Wildman–Crippen LogP) is 5.69. The molecule has 0 unspecified atom stereocenters. The number of carbonyl (C=O) groups excluding carboxylic acids is 3. The highest BCUT2D eigenvalue weighted by atomic mass is 16.6. The van der Waals surface area contributed by atoms with Crippen molar-refractivity contribution >= 4 is 24.1 Å². The molecule has 0 saturated heterocycles. The maximum Gasteiger partial charge on any atom is 0.198 e. The highest BCUT2D eigenvalue weighted by molar-refractivity contribution is 6.29. The van der Waals surface area contributed by atoms with Crippen LogP contribution in [-0.4, -0.2) is 38.3 Å². The molecule has 7 nitrogen and oxygen atoms in total. The molecule has 0 amide bonds. The molecule has 2 saturated carbocycles. The third-order valence-electron chi connectivity index (χ3n) is 4.46. The van der Waals surface area contributed by atoms with Gasteiger partial charge in [-0.1, -0.05) is 85.2 Å². The monoisotopic (exact) mass is 446 g/mol. The fourth-order valence-corrected chi connectivity index (χ4v) is 3.18. The van der Waals surface area contributed by atoms with Gasteiger partial charge in [-0.2, -0.15) is 0 Å². The van der Waals surface area contributed by atoms with E-state index in [-0.39, 0.29) is 11.7 Å². The van der Waals surface area contributed by atoms with E-state index in [0.717, 1.165) is 44.8 Å². The van der Waals surface area contributed by atoms with Crippen LogP contribution in [0.3, 0.4) is 0 Å². The number of rotatable bonds is 5. The first-order valence-corrected chi connectivity index (χ1v) is 11.9. The molecule has 0 spiro atoms. The van der Waals surface area contributed by atoms with Crippen molar-refractivity contribution in [2.75, 3.05) is 14.2 Å². The number of oxime groups is 1. The van der Waals surface area contributed by atoms with E-state index in [4.69, 9.17) is 0 Å². The first kappa shape index (κ1) is 36.8. The molecule has 0 bridgehead atoms. The molecule has 0 aliphatic heterocycles. The summed E-state index contributed by atoms with van der Waals surface area (Å²) in [7, 11) is 2.88. The molecule has 2 aliphatic rings. The average molecular weight is 447 g/mol. The molecule has 0 aromatic rings. The smallest absolute Gasteiger partial charge is 0.198 e. The zero-order chi connectivity index (χ0) is 24.9. The highest BCUT2D eigenvalue weighted by Crippen LogP contribution is 2.24. The Morgan fingerprint density at radius 2 is 1.10 bits per heavy atom. The average Bonchev–Trinajstić information content (AvgIpc) is 2.87. The third kappa shape index (κ3) is 22.9. The van der Waals surface area contributed by atoms with Crippen molar-refractivity contribution in [1.82, 2.24) is 0 Å². The number of hydrogen-bond acceptors (Lipinski definition) is 7. The molecule has 2 aliphatic carbocycles. The van der Waals surface area contributed by atoms with Crippen molar-refractivity contribution < 1.29 is 24.1 Å². The number of nitrogens with two attached hydrogens (primary N) is 1. The van der Waals surface area contributed by atoms with Crippen molar-refractivity contribution in [2.45, 2.75) is 106 Å². The van der Waals surface area contributed by atoms with Crippen molar-refractivity contribution in [3.8, 4) is 0 Å². The van der Waals surface area contributed by atoms with E-state index in [2.05, 4.69) is 20.7 Å². The standard InChI is InChI=1S/C9H15NO2.C8H12O2.3C2H6.CH5NO/c1-12-10-9(7-11)8-5-3-2-4-6-8;9-6-8(10)7-4-2-1-3-5-7;3*1-2;1-3-2/h7-8H,2-6H2,1H3;6-7H,1-5H2;3*1-2H3;2H2,1H3/b10-9+;;;;;. The number of nitrogens with zero attached hydrogens (tertiary/aromatic N) is 1. The summed E-state index contributed by atoms with van der Waals surface area (Å²) in [5.41, 5.74) is 0.581. The van der Waals surface area contributed by atoms with Crippen molar-refractivity contribution in [3.05, 3.63) is 0 Å². The Bertz CT molecular complexity index is 403. The van der Waals surface area contributed by atoms with Gasteiger partial charge in [0.05, 0.1) is 7.11 Å². The van der Waals surface area contributed by atoms with E-state index < -0.39 is 0 Å². The number of aldehydes is 2. The lowest BCUT2D eigenvalue weighted by Crippen LogP contribution is -2.19. The van der Waals surface area contributed by atoms with E-state index >= 15 is 0 Å². The predicted molar refractivity (Wildman–Crippen MR) is 130 cm³/mol. The van der Waals surface area contributed by atoms with E-state index in [0.29, 0.717) is 17.9 Å². The van der Waals surface area contributed by atoms with Gasteiger partial charge >= 0.3 is 0 Å². The molecular formula is C24H50N2O5. The fraction of sp³-hybridized carbons (Fsp3) is 0.833. The van der Waals surface area contributed by atoms with Gasteiger partial charge in [0, 0.05) is 11.8 Å². The summed E-state index contributed by atoms with van der Waals surface area (Å²) < 4.78 is 0. The molecule has 186 valence electrons. The van der Waals surface area contributed by atoms with Crippen LogP contribution in [0.5, 0.6) is 0 Å². The van der Waals surface area contributed by atoms with Gasteiger partial charge in [0.25, 0.3) is 0 Å². The van der Waals surface area contributed by atoms with Gasteiger partial charge in [-0.15, -0.1) is 0 Å². The molecule has 0 radical (unpaired) electrons. The summed E-state index contributed by atoms with van der Waals surface area (Å²) in [6.07, 6.45) is 12.5. The Kier molecular flexibility index (Phi) is 39.2. The molecular weight excluding hydrogens is 396 g/mol. The Hall–Kier alpha value is -1.60. The number of carbonyl (C=O) groups is 3. The van der Waals surface area contributed by atoms with Crippen LogP contribution >= 0.6 is 0 Å². The van der Waals surface area contributed by atoms with Gasteiger partial charge < -0.3 is 9.68 Å². The van der Waals surface area contributed by atoms with Crippen LogP contribution in [0.15, 0.2) is 5.16 Å². The normalized spacial score (nSPS) is 15.7. The minimum Gasteiger partial charge on any atom is -0.399 e. The molecule has 2 fully saturated rings. The SMILES string of the molecule is CC.CC.CC.CO/N=C(\C=O)C1CCCCC1.CON.O=CC(=O)C1CCCCC1. The maximum absolute atomic E-state index is 10.8. The lowest BCUT2D eigenvalue weighted by Gasteiger charge is -2.19. The Morgan fingerprint density at radius 1 is 0.742 bits per heavy atom. The second kappa shape index (κ2) is 33.0. The fourth-order valence-electron chi connectivity index (χ4n) is 3.18. The molecule has 31 heavy (non-hydrogen) atoms. The zero-order valence-corrected chi connectivity index (χ0v) is 21.4. The molecule has 0 aromatic carbocycles. The summed E-state index contributed by atoms with van der Waals surface area (Å²) in [6, 6.07) is 0. The summed E-state index contributed by atoms with van der Waals surface area (Å²) in [6.45, 7) is 12.0. The molecule has 2 N–H and O–H groups in total. The first-order chi connectivity index (χ1) is 15.1. The van der Waals surface area contributed by atoms with Crippen LogP contribution in [0.1, 0.15) is 106 Å². The van der Waals surface area contributed by atoms with Crippen LogP contribution in [-0.2, 0) is 24.1 Å². The van der Waals surface area contributed by atoms with Crippen molar-refractivity contribution in [1.29, 1.82) is 0 Å². The van der Waals surface area contributed by atoms with E-state index in [9.17, 15) is 14.4 Å². The second-order valence-electron chi connectivity index (χ2n) is 6.24. The largest absolute Gasteiger partial charge is 0.399 e. The van der Waals surface area contributed by atoms with E-state index in [1.165, 1.54) is 39.9 Å². The maximum atomic E-state index is 10.8. The number of Topliss-reactive ketones (excluding diaryl/α,β-unsaturated/α-hetero) is 1. The van der Waals surface area contributed by atoms with E-state index in [1.807, 2.05) is 41.5 Å². The van der Waals surface area contributed by atoms with Crippen LogP contribution < -0.4 is 5.90 Å². The van der Waals surface area contributed by atoms with Crippen LogP contribution in [0.25, 0.3) is 0 Å². The van der Waals surface area contributed by atoms with Crippen molar-refractivity contribution in [2.24, 2.45) is 22.9 Å². The van der Waals surface area contributed by atoms with E-state index in [1.54, 1.807) is 0 Å². The first-order valence-electron chi connectivity index (χ1n) is 11.9. The molecule has 0 atom stereocenters. The van der Waals surface area contributed by atoms with Crippen LogP contribution in [0.2, 0.25) is 0 Å². The van der Waals surface area contributed by atoms with Crippen LogP contribution in [0, 0.1) is 11.8 Å². The molecule has 0 aromatic heterocycles. The zero-order valence-electron chi connectivity index (χ0n) is 21.4. The molecule has 7 heteroatoms. The van der Waals surface area contributed by atoms with Gasteiger partial charge in [-0.25, -0.2) is 5.90 Å². The number of ketones is 1. The second-order valence-corrected chi connectivity index (χ2v) is 6.24. The lowest BCUT2D eigenvalue weighted by atomic mass is 9.86. The number of hydrogen-bond donors (Lipinski definition) is 1. The summed E-state index contributed by atoms with van der Waals surface area (Å²) in [4.78, 5) is 39.8. The minimum absolute atomic E-state index is 0.0613. The minimum atomic E-state index is -0.195. The Labute approximate surface area is 191 Å². The summed E-state index contributed by atoms with van der Waals surface area (Å²) >= 11 is 0. The topological polar surface area (TPSA) is 108 Å². The quantitative estimate of drug-likeness (QED) is 0.251. The third-order valence-corrected chi connectivity index (χ3v) is 4.46. The van der Waals surface area contributed by atoms with Gasteiger partial charge in [0.1, 0.15) is 12.8 Å². The van der Waals surface area contributed by atoms with Gasteiger partial charge in [-0.3, -0.25) is 14.4 Å². The highest BCUT2D eigenvalue weighted by Gasteiger charge is 2.20. The van der Waals surface area contributed by atoms with Crippen LogP contribution in [0.4, 0.5) is 0 Å². The summed E-state index contributed by atoms with van der Waals surface area (Å²) in [5, 5.41) is 3.71. The van der Waals surface area contributed by atoms with Gasteiger partial charge in [-0.05, 0) is 25.7 Å². The lowest BCUT2D eigenvalue weighted by molar-refractivity contribution is -0.133. The van der Waals surface area contributed by atoms with Crippen molar-refractivity contribution in [3.63, 3.8) is 0 Å². The summed E-state index contributed by atoms with van der Waals surface area (Å²) in [5.74, 6) is 4.56. The molecule has 0 heterocycles. The Morgan fingerprint density at radius 3 is 1.39 bits per heavy atom.